The number of carbonyl (C=O) groups excluding carboxylic acids is 1. The topological polar surface area (TPSA) is 88.2 Å². The van der Waals surface area contributed by atoms with Gasteiger partial charge in [0.05, 0.1) is 36.4 Å². The minimum absolute atomic E-state index is 0.0459. The molecule has 1 amide bonds. The van der Waals surface area contributed by atoms with Crippen LogP contribution in [0.15, 0.2) is 34.2 Å². The maximum atomic E-state index is 13.1. The summed E-state index contributed by atoms with van der Waals surface area (Å²) in [5.74, 6) is 0.495. The fourth-order valence-electron chi connectivity index (χ4n) is 3.99. The zero-order chi connectivity index (χ0) is 22.7. The number of thioether (sulfide) groups is 1. The predicted octanol–water partition coefficient (Wildman–Crippen LogP) is 3.92. The van der Waals surface area contributed by atoms with Gasteiger partial charge >= 0.3 is 0 Å². The zero-order valence-corrected chi connectivity index (χ0v) is 19.7. The lowest BCUT2D eigenvalue weighted by Crippen LogP contribution is -2.34. The first-order valence-electron chi connectivity index (χ1n) is 10.5. The Kier molecular flexibility index (Phi) is 6.82. The number of benzene rings is 1. The van der Waals surface area contributed by atoms with Gasteiger partial charge in [0.25, 0.3) is 5.56 Å². The minimum atomic E-state index is -0.172. The van der Waals surface area contributed by atoms with Crippen molar-refractivity contribution < 1.29 is 9.53 Å². The summed E-state index contributed by atoms with van der Waals surface area (Å²) in [6.07, 6.45) is 4.40. The van der Waals surface area contributed by atoms with Crippen molar-refractivity contribution in [1.82, 2.24) is 9.55 Å². The van der Waals surface area contributed by atoms with E-state index in [-0.39, 0.29) is 30.2 Å². The van der Waals surface area contributed by atoms with Crippen LogP contribution in [0.3, 0.4) is 0 Å². The van der Waals surface area contributed by atoms with Crippen LogP contribution in [0.4, 0.5) is 5.69 Å². The normalized spacial score (nSPS) is 12.9. The van der Waals surface area contributed by atoms with Gasteiger partial charge < -0.3 is 9.64 Å². The molecule has 32 heavy (non-hydrogen) atoms. The Bertz CT molecular complexity index is 1260. The number of fused-ring (bicyclic) bond motifs is 3. The summed E-state index contributed by atoms with van der Waals surface area (Å²) >= 11 is 2.85. The Labute approximate surface area is 194 Å². The highest BCUT2D eigenvalue weighted by atomic mass is 32.2. The molecule has 4 rings (SSSR count). The van der Waals surface area contributed by atoms with E-state index in [9.17, 15) is 9.59 Å². The van der Waals surface area contributed by atoms with E-state index < -0.39 is 0 Å². The van der Waals surface area contributed by atoms with E-state index in [2.05, 4.69) is 6.07 Å². The number of rotatable bonds is 7. The van der Waals surface area contributed by atoms with Gasteiger partial charge in [0, 0.05) is 18.5 Å². The molecule has 2 aromatic heterocycles. The third-order valence-corrected chi connectivity index (χ3v) is 7.80. The van der Waals surface area contributed by atoms with Crippen LogP contribution in [0.5, 0.6) is 5.75 Å². The number of para-hydroxylation sites is 2. The van der Waals surface area contributed by atoms with Crippen molar-refractivity contribution in [3.05, 3.63) is 45.1 Å². The highest BCUT2D eigenvalue weighted by Crippen LogP contribution is 2.35. The zero-order valence-electron chi connectivity index (χ0n) is 18.1. The Balaban J connectivity index is 1.60. The molecule has 9 heteroatoms. The summed E-state index contributed by atoms with van der Waals surface area (Å²) in [5, 5.41) is 10.3. The third-order valence-electron chi connectivity index (χ3n) is 5.60. The van der Waals surface area contributed by atoms with Crippen LogP contribution in [0.1, 0.15) is 29.7 Å². The Morgan fingerprint density at radius 1 is 1.34 bits per heavy atom. The van der Waals surface area contributed by atoms with E-state index in [4.69, 9.17) is 15.0 Å². The maximum absolute atomic E-state index is 13.1. The fraction of sp³-hybridized carbons (Fsp3) is 0.391. The van der Waals surface area contributed by atoms with E-state index in [1.165, 1.54) is 16.6 Å². The molecule has 1 aliphatic rings. The highest BCUT2D eigenvalue weighted by Gasteiger charge is 2.23. The molecule has 0 aliphatic heterocycles. The van der Waals surface area contributed by atoms with Crippen LogP contribution in [0.25, 0.3) is 10.2 Å². The quantitative estimate of drug-likeness (QED) is 0.386. The summed E-state index contributed by atoms with van der Waals surface area (Å²) in [6, 6.07) is 9.34. The maximum Gasteiger partial charge on any atom is 0.262 e. The van der Waals surface area contributed by atoms with Gasteiger partial charge in [-0.1, -0.05) is 23.9 Å². The molecule has 2 heterocycles. The molecule has 0 radical (unpaired) electrons. The lowest BCUT2D eigenvalue weighted by Gasteiger charge is -2.23. The van der Waals surface area contributed by atoms with Crippen molar-refractivity contribution in [2.75, 3.05) is 24.3 Å². The number of thiophene rings is 1. The van der Waals surface area contributed by atoms with Gasteiger partial charge in [-0.05, 0) is 43.4 Å². The average Bonchev–Trinajstić information content (AvgIpc) is 3.19. The second-order valence-corrected chi connectivity index (χ2v) is 9.59. The second kappa shape index (κ2) is 9.76. The number of nitriles is 1. The number of hydrogen-bond acceptors (Lipinski definition) is 7. The van der Waals surface area contributed by atoms with Gasteiger partial charge in [-0.3, -0.25) is 14.2 Å². The first-order chi connectivity index (χ1) is 15.5. The molecule has 1 aromatic carbocycles. The second-order valence-electron chi connectivity index (χ2n) is 7.56. The first kappa shape index (κ1) is 22.4. The van der Waals surface area contributed by atoms with E-state index in [1.807, 2.05) is 12.1 Å². The molecular weight excluding hydrogens is 444 g/mol. The summed E-state index contributed by atoms with van der Waals surface area (Å²) in [7, 11) is 3.26. The Morgan fingerprint density at radius 3 is 2.91 bits per heavy atom. The standard InChI is InChI=1S/C23H24N4O3S2/c1-26-22(29)20-15-8-3-6-11-18(15)32-21(20)25-23(26)31-14-19(28)27(13-7-12-24)16-9-4-5-10-17(16)30-2/h4-5,9-10H,3,6-8,11,13-14H2,1-2H3. The number of aromatic nitrogens is 2. The van der Waals surface area contributed by atoms with Crippen LogP contribution >= 0.6 is 23.1 Å². The molecule has 0 unspecified atom stereocenters. The average molecular weight is 469 g/mol. The minimum Gasteiger partial charge on any atom is -0.495 e. The van der Waals surface area contributed by atoms with Crippen LogP contribution < -0.4 is 15.2 Å². The van der Waals surface area contributed by atoms with E-state index >= 15 is 0 Å². The number of anilines is 1. The van der Waals surface area contributed by atoms with Crippen molar-refractivity contribution in [2.24, 2.45) is 7.05 Å². The molecule has 0 fully saturated rings. The lowest BCUT2D eigenvalue weighted by molar-refractivity contribution is -0.116. The molecular formula is C23H24N4O3S2. The Morgan fingerprint density at radius 2 is 2.12 bits per heavy atom. The number of nitrogens with zero attached hydrogens (tertiary/aromatic N) is 4. The molecule has 0 bridgehead atoms. The largest absolute Gasteiger partial charge is 0.495 e. The number of amides is 1. The van der Waals surface area contributed by atoms with Crippen LogP contribution in [0.2, 0.25) is 0 Å². The summed E-state index contributed by atoms with van der Waals surface area (Å²) in [5.41, 5.74) is 1.74. The SMILES string of the molecule is COc1ccccc1N(CCC#N)C(=O)CSc1nc2sc3c(c2c(=O)n1C)CCCC3. The molecule has 0 spiro atoms. The van der Waals surface area contributed by atoms with Crippen molar-refractivity contribution in [1.29, 1.82) is 5.26 Å². The highest BCUT2D eigenvalue weighted by molar-refractivity contribution is 7.99. The molecule has 166 valence electrons. The van der Waals surface area contributed by atoms with Gasteiger partial charge in [-0.15, -0.1) is 11.3 Å². The number of carbonyl (C=O) groups is 1. The van der Waals surface area contributed by atoms with E-state index in [1.54, 1.807) is 47.1 Å². The predicted molar refractivity (Wildman–Crippen MR) is 128 cm³/mol. The molecule has 1 aliphatic carbocycles. The lowest BCUT2D eigenvalue weighted by atomic mass is 9.97. The number of methoxy groups -OCH3 is 1. The van der Waals surface area contributed by atoms with E-state index in [0.29, 0.717) is 16.6 Å². The van der Waals surface area contributed by atoms with Gasteiger partial charge in [0.15, 0.2) is 5.16 Å². The van der Waals surface area contributed by atoms with Gasteiger partial charge in [0.2, 0.25) is 5.91 Å². The number of hydrogen-bond donors (Lipinski definition) is 0. The monoisotopic (exact) mass is 468 g/mol. The number of ether oxygens (including phenoxy) is 1. The van der Waals surface area contributed by atoms with Gasteiger partial charge in [-0.25, -0.2) is 4.98 Å². The summed E-state index contributed by atoms with van der Waals surface area (Å²) in [6.45, 7) is 0.263. The first-order valence-corrected chi connectivity index (χ1v) is 12.3. The van der Waals surface area contributed by atoms with E-state index in [0.717, 1.165) is 41.5 Å². The van der Waals surface area contributed by atoms with Gasteiger partial charge in [-0.2, -0.15) is 5.26 Å². The molecule has 0 atom stereocenters. The van der Waals surface area contributed by atoms with Crippen molar-refractivity contribution in [2.45, 2.75) is 37.3 Å². The van der Waals surface area contributed by atoms with Crippen LogP contribution in [0, 0.1) is 11.3 Å². The summed E-state index contributed by atoms with van der Waals surface area (Å²) in [4.78, 5) is 34.6. The van der Waals surface area contributed by atoms with Gasteiger partial charge in [0.1, 0.15) is 10.6 Å². The summed E-state index contributed by atoms with van der Waals surface area (Å²) < 4.78 is 6.95. The fourth-order valence-corrected chi connectivity index (χ4v) is 6.14. The van der Waals surface area contributed by atoms with Crippen molar-refractivity contribution in [3.63, 3.8) is 0 Å². The number of aryl methyl sites for hydroxylation is 2. The molecule has 0 saturated heterocycles. The molecule has 0 N–H and O–H groups in total. The van der Waals surface area contributed by atoms with Crippen LogP contribution in [-0.4, -0.2) is 34.9 Å². The third kappa shape index (κ3) is 4.25. The molecule has 3 aromatic rings. The molecule has 7 nitrogen and oxygen atoms in total. The van der Waals surface area contributed by atoms with Crippen molar-refractivity contribution in [3.8, 4) is 11.8 Å². The van der Waals surface area contributed by atoms with Crippen molar-refractivity contribution >= 4 is 44.9 Å². The Hall–Kier alpha value is -2.83. The molecule has 0 saturated carbocycles. The smallest absolute Gasteiger partial charge is 0.262 e. The van der Waals surface area contributed by atoms with Crippen LogP contribution in [-0.2, 0) is 24.7 Å².